The van der Waals surface area contributed by atoms with Gasteiger partial charge in [-0.2, -0.15) is 0 Å². The van der Waals surface area contributed by atoms with E-state index in [2.05, 4.69) is 10.3 Å². The summed E-state index contributed by atoms with van der Waals surface area (Å²) in [5.74, 6) is -0.161. The lowest BCUT2D eigenvalue weighted by molar-refractivity contribution is -0.118. The molecule has 0 radical (unpaired) electrons. The second-order valence-electron chi connectivity index (χ2n) is 4.59. The first kappa shape index (κ1) is 13.2. The van der Waals surface area contributed by atoms with Crippen LogP contribution in [-0.4, -0.2) is 28.1 Å². The highest BCUT2D eigenvalue weighted by Gasteiger charge is 2.23. The Bertz CT molecular complexity index is 442. The van der Waals surface area contributed by atoms with Crippen LogP contribution in [0, 0.1) is 6.92 Å². The number of carbonyl (C=O) groups is 1. The zero-order chi connectivity index (χ0) is 13.0. The minimum Gasteiger partial charge on any atom is -0.391 e. The molecule has 0 saturated heterocycles. The molecule has 1 heterocycles. The number of thiazole rings is 1. The van der Waals surface area contributed by atoms with Crippen molar-refractivity contribution >= 4 is 23.3 Å². The predicted octanol–water partition coefficient (Wildman–Crippen LogP) is 1.88. The number of rotatable bonds is 3. The molecule has 0 bridgehead atoms. The molecule has 1 aromatic heterocycles. The number of aliphatic hydroxyl groups is 1. The molecule has 0 aromatic carbocycles. The number of aromatic nitrogens is 1. The Morgan fingerprint density at radius 2 is 2.33 bits per heavy atom. The fraction of sp³-hybridized carbons (Fsp3) is 0.538. The zero-order valence-corrected chi connectivity index (χ0v) is 11.2. The van der Waals surface area contributed by atoms with Crippen molar-refractivity contribution in [3.8, 4) is 0 Å². The van der Waals surface area contributed by atoms with Crippen LogP contribution >= 0.6 is 11.3 Å². The van der Waals surface area contributed by atoms with Crippen molar-refractivity contribution in [2.24, 2.45) is 0 Å². The SMILES string of the molecule is Cc1nc(/C=C/C(=O)NC2CCCCC2O)cs1. The minimum absolute atomic E-state index is 0.104. The number of amides is 1. The molecule has 1 fully saturated rings. The molecule has 2 rings (SSSR count). The Kier molecular flexibility index (Phi) is 4.49. The van der Waals surface area contributed by atoms with Crippen LogP contribution in [0.5, 0.6) is 0 Å². The van der Waals surface area contributed by atoms with Crippen molar-refractivity contribution in [3.63, 3.8) is 0 Å². The molecule has 1 amide bonds. The van der Waals surface area contributed by atoms with Gasteiger partial charge in [0, 0.05) is 11.5 Å². The first-order valence-electron chi connectivity index (χ1n) is 6.24. The average molecular weight is 266 g/mol. The molecule has 2 atom stereocenters. The summed E-state index contributed by atoms with van der Waals surface area (Å²) in [4.78, 5) is 16.0. The first-order chi connectivity index (χ1) is 8.65. The van der Waals surface area contributed by atoms with Crippen molar-refractivity contribution in [3.05, 3.63) is 22.2 Å². The van der Waals surface area contributed by atoms with Gasteiger partial charge in [0.15, 0.2) is 0 Å². The van der Waals surface area contributed by atoms with Crippen LogP contribution in [0.2, 0.25) is 0 Å². The number of aryl methyl sites for hydroxylation is 1. The van der Waals surface area contributed by atoms with E-state index in [-0.39, 0.29) is 11.9 Å². The number of nitrogens with zero attached hydrogens (tertiary/aromatic N) is 1. The van der Waals surface area contributed by atoms with Gasteiger partial charge in [0.2, 0.25) is 5.91 Å². The van der Waals surface area contributed by atoms with Crippen LogP contribution in [0.15, 0.2) is 11.5 Å². The number of hydrogen-bond acceptors (Lipinski definition) is 4. The van der Waals surface area contributed by atoms with Gasteiger partial charge in [0.25, 0.3) is 0 Å². The smallest absolute Gasteiger partial charge is 0.244 e. The van der Waals surface area contributed by atoms with Crippen molar-refractivity contribution in [2.75, 3.05) is 0 Å². The highest BCUT2D eigenvalue weighted by molar-refractivity contribution is 7.09. The lowest BCUT2D eigenvalue weighted by Gasteiger charge is -2.27. The molecule has 5 heteroatoms. The molecule has 4 nitrogen and oxygen atoms in total. The molecule has 2 N–H and O–H groups in total. The third-order valence-electron chi connectivity index (χ3n) is 3.10. The Labute approximate surface area is 111 Å². The van der Waals surface area contributed by atoms with Gasteiger partial charge in [0.05, 0.1) is 22.8 Å². The van der Waals surface area contributed by atoms with E-state index in [0.717, 1.165) is 36.4 Å². The number of carbonyl (C=O) groups excluding carboxylic acids is 1. The predicted molar refractivity (Wildman–Crippen MR) is 72.3 cm³/mol. The summed E-state index contributed by atoms with van der Waals surface area (Å²) >= 11 is 1.56. The molecule has 1 saturated carbocycles. The van der Waals surface area contributed by atoms with Gasteiger partial charge >= 0.3 is 0 Å². The molecule has 1 aliphatic rings. The normalized spacial score (nSPS) is 24.3. The molecular weight excluding hydrogens is 248 g/mol. The van der Waals surface area contributed by atoms with Gasteiger partial charge in [-0.15, -0.1) is 11.3 Å². The van der Waals surface area contributed by atoms with E-state index in [1.54, 1.807) is 17.4 Å². The maximum absolute atomic E-state index is 11.7. The fourth-order valence-corrected chi connectivity index (χ4v) is 2.71. The largest absolute Gasteiger partial charge is 0.391 e. The molecule has 98 valence electrons. The monoisotopic (exact) mass is 266 g/mol. The van der Waals surface area contributed by atoms with Gasteiger partial charge in [-0.25, -0.2) is 4.98 Å². The van der Waals surface area contributed by atoms with Crippen LogP contribution in [0.3, 0.4) is 0 Å². The maximum atomic E-state index is 11.7. The second kappa shape index (κ2) is 6.11. The van der Waals surface area contributed by atoms with E-state index in [4.69, 9.17) is 0 Å². The Morgan fingerprint density at radius 3 is 3.00 bits per heavy atom. The van der Waals surface area contributed by atoms with Gasteiger partial charge in [-0.1, -0.05) is 12.8 Å². The number of aliphatic hydroxyl groups excluding tert-OH is 1. The zero-order valence-electron chi connectivity index (χ0n) is 10.4. The maximum Gasteiger partial charge on any atom is 0.244 e. The molecule has 2 unspecified atom stereocenters. The second-order valence-corrected chi connectivity index (χ2v) is 5.65. The summed E-state index contributed by atoms with van der Waals surface area (Å²) in [6.07, 6.45) is 6.52. The van der Waals surface area contributed by atoms with Crippen molar-refractivity contribution in [2.45, 2.75) is 44.8 Å². The van der Waals surface area contributed by atoms with Gasteiger partial charge < -0.3 is 10.4 Å². The molecule has 1 aromatic rings. The van der Waals surface area contributed by atoms with E-state index < -0.39 is 6.10 Å². The highest BCUT2D eigenvalue weighted by Crippen LogP contribution is 2.18. The number of hydrogen-bond donors (Lipinski definition) is 2. The van der Waals surface area contributed by atoms with E-state index in [0.29, 0.717) is 0 Å². The van der Waals surface area contributed by atoms with Crippen LogP contribution in [0.4, 0.5) is 0 Å². The summed E-state index contributed by atoms with van der Waals surface area (Å²) < 4.78 is 0. The quantitative estimate of drug-likeness (QED) is 0.821. The van der Waals surface area contributed by atoms with Crippen LogP contribution in [0.25, 0.3) is 6.08 Å². The number of nitrogens with one attached hydrogen (secondary N) is 1. The molecule has 1 aliphatic carbocycles. The van der Waals surface area contributed by atoms with Crippen LogP contribution in [0.1, 0.15) is 36.4 Å². The van der Waals surface area contributed by atoms with Crippen molar-refractivity contribution < 1.29 is 9.90 Å². The topological polar surface area (TPSA) is 62.2 Å². The van der Waals surface area contributed by atoms with E-state index in [1.807, 2.05) is 12.3 Å². The summed E-state index contributed by atoms with van der Waals surface area (Å²) in [7, 11) is 0. The molecular formula is C13H18N2O2S. The lowest BCUT2D eigenvalue weighted by Crippen LogP contribution is -2.44. The lowest BCUT2D eigenvalue weighted by atomic mass is 9.92. The van der Waals surface area contributed by atoms with E-state index in [9.17, 15) is 9.90 Å². The summed E-state index contributed by atoms with van der Waals surface area (Å²) in [5, 5.41) is 15.5. The first-order valence-corrected chi connectivity index (χ1v) is 7.12. The standard InChI is InChI=1S/C13H18N2O2S/c1-9-14-10(8-18-9)6-7-13(17)15-11-4-2-3-5-12(11)16/h6-8,11-12,16H,2-5H2,1H3,(H,15,17)/b7-6+. The van der Waals surface area contributed by atoms with Gasteiger partial charge in [0.1, 0.15) is 0 Å². The molecule has 0 spiro atoms. The third kappa shape index (κ3) is 3.65. The molecule has 18 heavy (non-hydrogen) atoms. The van der Waals surface area contributed by atoms with E-state index >= 15 is 0 Å². The van der Waals surface area contributed by atoms with Crippen LogP contribution in [-0.2, 0) is 4.79 Å². The Morgan fingerprint density at radius 1 is 1.56 bits per heavy atom. The van der Waals surface area contributed by atoms with Gasteiger partial charge in [-0.05, 0) is 25.8 Å². The summed E-state index contributed by atoms with van der Waals surface area (Å²) in [5.41, 5.74) is 0.803. The Hall–Kier alpha value is -1.20. The minimum atomic E-state index is -0.405. The van der Waals surface area contributed by atoms with Crippen molar-refractivity contribution in [1.29, 1.82) is 0 Å². The average Bonchev–Trinajstić information content (AvgIpc) is 2.76. The summed E-state index contributed by atoms with van der Waals surface area (Å²) in [6.45, 7) is 1.93. The van der Waals surface area contributed by atoms with Crippen molar-refractivity contribution in [1.82, 2.24) is 10.3 Å². The van der Waals surface area contributed by atoms with E-state index in [1.165, 1.54) is 6.08 Å². The third-order valence-corrected chi connectivity index (χ3v) is 3.89. The van der Waals surface area contributed by atoms with Gasteiger partial charge in [-0.3, -0.25) is 4.79 Å². The molecule has 0 aliphatic heterocycles. The fourth-order valence-electron chi connectivity index (χ4n) is 2.13. The summed E-state index contributed by atoms with van der Waals surface area (Å²) in [6, 6.07) is -0.104. The Balaban J connectivity index is 1.86. The van der Waals surface area contributed by atoms with Crippen LogP contribution < -0.4 is 5.32 Å². The highest BCUT2D eigenvalue weighted by atomic mass is 32.1.